The van der Waals surface area contributed by atoms with E-state index in [0.717, 1.165) is 49.9 Å². The Labute approximate surface area is 242 Å². The van der Waals surface area contributed by atoms with Crippen molar-refractivity contribution < 1.29 is 0 Å². The van der Waals surface area contributed by atoms with Gasteiger partial charge in [0.1, 0.15) is 0 Å². The smallest absolute Gasteiger partial charge is 0.0665 e. The summed E-state index contributed by atoms with van der Waals surface area (Å²) in [4.78, 5) is 5.29. The third-order valence-electron chi connectivity index (χ3n) is 8.29. The van der Waals surface area contributed by atoms with Gasteiger partial charge in [0.25, 0.3) is 0 Å². The lowest BCUT2D eigenvalue weighted by atomic mass is 9.88. The molecule has 206 valence electrons. The standard InChI is InChI=1S/C39H45N/c1-6-29(2)30(3)24-25-31(4)35-20-15-21-36(28-35)37-22-13-14-23-38(33-16-9-7-10-17-33)40-39(27-26-32(37)5)34-18-11-8-12-19-34/h6-12,15-21,23-24,28,31H,13-14,22,25-27H2,1-5H3/b29-6+,30-24-,37-32-,38-23-,40-39?. The highest BCUT2D eigenvalue weighted by molar-refractivity contribution is 6.03. The second-order valence-electron chi connectivity index (χ2n) is 11.2. The fraction of sp³-hybridized carbons (Fsp3) is 0.308. The summed E-state index contributed by atoms with van der Waals surface area (Å²) >= 11 is 0. The van der Waals surface area contributed by atoms with Crippen LogP contribution in [0, 0.1) is 0 Å². The van der Waals surface area contributed by atoms with Crippen LogP contribution in [-0.2, 0) is 0 Å². The third kappa shape index (κ3) is 7.92. The van der Waals surface area contributed by atoms with E-state index in [1.807, 2.05) is 0 Å². The Bertz CT molecular complexity index is 1410. The zero-order valence-corrected chi connectivity index (χ0v) is 25.1. The molecule has 0 aromatic heterocycles. The van der Waals surface area contributed by atoms with E-state index in [2.05, 4.69) is 138 Å². The van der Waals surface area contributed by atoms with E-state index in [-0.39, 0.29) is 0 Å². The second-order valence-corrected chi connectivity index (χ2v) is 11.2. The van der Waals surface area contributed by atoms with E-state index in [4.69, 9.17) is 4.99 Å². The molecule has 1 atom stereocenters. The van der Waals surface area contributed by atoms with Gasteiger partial charge in [-0.1, -0.05) is 127 Å². The number of hydrogen-bond acceptors (Lipinski definition) is 1. The minimum Gasteiger partial charge on any atom is -0.253 e. The lowest BCUT2D eigenvalue weighted by molar-refractivity contribution is 0.776. The first-order valence-corrected chi connectivity index (χ1v) is 14.9. The molecular weight excluding hydrogens is 482 g/mol. The molecule has 1 nitrogen and oxygen atoms in total. The summed E-state index contributed by atoms with van der Waals surface area (Å²) in [5, 5.41) is 0. The highest BCUT2D eigenvalue weighted by Gasteiger charge is 2.14. The Kier molecular flexibility index (Phi) is 10.7. The summed E-state index contributed by atoms with van der Waals surface area (Å²) in [6, 6.07) is 30.7. The molecule has 0 aliphatic carbocycles. The van der Waals surface area contributed by atoms with E-state index in [1.165, 1.54) is 44.5 Å². The summed E-state index contributed by atoms with van der Waals surface area (Å²) in [5.41, 5.74) is 13.2. The van der Waals surface area contributed by atoms with Gasteiger partial charge in [0.2, 0.25) is 0 Å². The van der Waals surface area contributed by atoms with Crippen molar-refractivity contribution >= 4 is 17.0 Å². The minimum atomic E-state index is 0.483. The van der Waals surface area contributed by atoms with Crippen molar-refractivity contribution in [3.05, 3.63) is 142 Å². The Morgan fingerprint density at radius 3 is 2.17 bits per heavy atom. The van der Waals surface area contributed by atoms with Crippen molar-refractivity contribution in [3.8, 4) is 0 Å². The molecule has 0 radical (unpaired) electrons. The van der Waals surface area contributed by atoms with Crippen LogP contribution in [0.25, 0.3) is 11.3 Å². The molecule has 3 aromatic carbocycles. The molecule has 4 rings (SSSR count). The number of aliphatic imine (C=N–C) groups is 1. The van der Waals surface area contributed by atoms with E-state index in [9.17, 15) is 0 Å². The molecule has 1 aliphatic rings. The summed E-state index contributed by atoms with van der Waals surface area (Å²) in [7, 11) is 0. The summed E-state index contributed by atoms with van der Waals surface area (Å²) in [5.74, 6) is 0.483. The average molecular weight is 528 g/mol. The number of nitrogens with zero attached hydrogens (tertiary/aromatic N) is 1. The van der Waals surface area contributed by atoms with E-state index >= 15 is 0 Å². The highest BCUT2D eigenvalue weighted by Crippen LogP contribution is 2.32. The Balaban J connectivity index is 1.64. The van der Waals surface area contributed by atoms with Gasteiger partial charge in [-0.2, -0.15) is 0 Å². The van der Waals surface area contributed by atoms with Crippen LogP contribution in [0.4, 0.5) is 0 Å². The van der Waals surface area contributed by atoms with Gasteiger partial charge in [-0.25, -0.2) is 0 Å². The lowest BCUT2D eigenvalue weighted by Crippen LogP contribution is -2.03. The predicted molar refractivity (Wildman–Crippen MR) is 176 cm³/mol. The lowest BCUT2D eigenvalue weighted by Gasteiger charge is -2.17. The monoisotopic (exact) mass is 527 g/mol. The molecule has 0 saturated heterocycles. The molecule has 40 heavy (non-hydrogen) atoms. The van der Waals surface area contributed by atoms with Gasteiger partial charge in [-0.15, -0.1) is 0 Å². The maximum Gasteiger partial charge on any atom is 0.0665 e. The number of benzene rings is 3. The van der Waals surface area contributed by atoms with Crippen LogP contribution in [0.2, 0.25) is 0 Å². The quantitative estimate of drug-likeness (QED) is 0.271. The van der Waals surface area contributed by atoms with Gasteiger partial charge in [0.15, 0.2) is 0 Å². The molecule has 1 unspecified atom stereocenters. The minimum absolute atomic E-state index is 0.483. The predicted octanol–water partition coefficient (Wildman–Crippen LogP) is 11.4. The van der Waals surface area contributed by atoms with Gasteiger partial charge < -0.3 is 0 Å². The number of hydrogen-bond donors (Lipinski definition) is 0. The van der Waals surface area contributed by atoms with Crippen LogP contribution in [0.15, 0.2) is 125 Å². The molecule has 3 aromatic rings. The highest BCUT2D eigenvalue weighted by atomic mass is 14.8. The molecule has 0 fully saturated rings. The topological polar surface area (TPSA) is 12.4 Å². The molecule has 1 heterocycles. The Morgan fingerprint density at radius 2 is 1.48 bits per heavy atom. The van der Waals surface area contributed by atoms with Crippen LogP contribution < -0.4 is 0 Å². The fourth-order valence-corrected chi connectivity index (χ4v) is 5.37. The van der Waals surface area contributed by atoms with E-state index in [0.29, 0.717) is 5.92 Å². The van der Waals surface area contributed by atoms with Crippen molar-refractivity contribution in [3.63, 3.8) is 0 Å². The van der Waals surface area contributed by atoms with Gasteiger partial charge >= 0.3 is 0 Å². The summed E-state index contributed by atoms with van der Waals surface area (Å²) in [6.07, 6.45) is 13.1. The normalized spacial score (nSPS) is 19.7. The van der Waals surface area contributed by atoms with E-state index < -0.39 is 0 Å². The first-order valence-electron chi connectivity index (χ1n) is 14.9. The van der Waals surface area contributed by atoms with Gasteiger partial charge in [0.05, 0.1) is 5.70 Å². The molecular formula is C39H45N. The third-order valence-corrected chi connectivity index (χ3v) is 8.29. The van der Waals surface area contributed by atoms with Crippen LogP contribution in [0.1, 0.15) is 101 Å². The molecule has 0 spiro atoms. The molecule has 0 bridgehead atoms. The molecule has 0 N–H and O–H groups in total. The van der Waals surface area contributed by atoms with Crippen molar-refractivity contribution in [2.45, 2.75) is 79.1 Å². The van der Waals surface area contributed by atoms with Gasteiger partial charge in [-0.05, 0) is 100.0 Å². The molecule has 0 amide bonds. The van der Waals surface area contributed by atoms with E-state index in [1.54, 1.807) is 0 Å². The molecule has 1 heteroatoms. The largest absolute Gasteiger partial charge is 0.253 e. The SMILES string of the molecule is C/C=C(C)/C(C)=C\CC(C)c1cccc(/C2=C(/C)CCC(c3ccccc3)=N/C(c3ccccc3)=C\CCC2)c1. The van der Waals surface area contributed by atoms with Crippen LogP contribution in [0.3, 0.4) is 0 Å². The van der Waals surface area contributed by atoms with Gasteiger partial charge in [0, 0.05) is 5.71 Å². The maximum absolute atomic E-state index is 5.29. The average Bonchev–Trinajstić information content (AvgIpc) is 3.04. The van der Waals surface area contributed by atoms with Crippen molar-refractivity contribution in [1.82, 2.24) is 0 Å². The maximum atomic E-state index is 5.29. The molecule has 1 aliphatic heterocycles. The number of allylic oxidation sites excluding steroid dienone is 7. The number of rotatable bonds is 7. The van der Waals surface area contributed by atoms with Gasteiger partial charge in [-0.3, -0.25) is 4.99 Å². The van der Waals surface area contributed by atoms with Crippen molar-refractivity contribution in [2.24, 2.45) is 4.99 Å². The summed E-state index contributed by atoms with van der Waals surface area (Å²) in [6.45, 7) is 11.2. The zero-order chi connectivity index (χ0) is 28.3. The van der Waals surface area contributed by atoms with Crippen LogP contribution in [-0.4, -0.2) is 5.71 Å². The summed E-state index contributed by atoms with van der Waals surface area (Å²) < 4.78 is 0. The van der Waals surface area contributed by atoms with Crippen LogP contribution in [0.5, 0.6) is 0 Å². The Hall–Kier alpha value is -3.71. The molecule has 0 saturated carbocycles. The fourth-order valence-electron chi connectivity index (χ4n) is 5.37. The van der Waals surface area contributed by atoms with Crippen LogP contribution >= 0.6 is 0 Å². The Morgan fingerprint density at radius 1 is 0.800 bits per heavy atom. The first-order chi connectivity index (χ1) is 19.5. The first kappa shape index (κ1) is 29.3. The van der Waals surface area contributed by atoms with Crippen molar-refractivity contribution in [1.29, 1.82) is 0 Å². The second kappa shape index (κ2) is 14.6. The zero-order valence-electron chi connectivity index (χ0n) is 25.1. The van der Waals surface area contributed by atoms with Crippen molar-refractivity contribution in [2.75, 3.05) is 0 Å².